The Labute approximate surface area is 104 Å². The van der Waals surface area contributed by atoms with Gasteiger partial charge in [0, 0.05) is 32.7 Å². The van der Waals surface area contributed by atoms with E-state index in [4.69, 9.17) is 4.74 Å². The first-order valence-corrected chi connectivity index (χ1v) is 6.53. The van der Waals surface area contributed by atoms with E-state index in [1.807, 2.05) is 14.0 Å². The second-order valence-electron chi connectivity index (χ2n) is 5.14. The van der Waals surface area contributed by atoms with E-state index in [2.05, 4.69) is 0 Å². The van der Waals surface area contributed by atoms with Crippen molar-refractivity contribution in [2.24, 2.45) is 11.8 Å². The van der Waals surface area contributed by atoms with Gasteiger partial charge in [-0.05, 0) is 32.1 Å². The highest BCUT2D eigenvalue weighted by molar-refractivity contribution is 5.78. The third-order valence-corrected chi connectivity index (χ3v) is 3.62. The van der Waals surface area contributed by atoms with Crippen molar-refractivity contribution in [1.29, 1.82) is 0 Å². The number of ether oxygens (including phenoxy) is 1. The zero-order valence-corrected chi connectivity index (χ0v) is 11.2. The molecule has 0 radical (unpaired) electrons. The molecule has 1 rings (SSSR count). The molecule has 17 heavy (non-hydrogen) atoms. The van der Waals surface area contributed by atoms with Crippen molar-refractivity contribution in [3.63, 3.8) is 0 Å². The molecule has 0 aromatic carbocycles. The molecule has 1 heterocycles. The Morgan fingerprint density at radius 2 is 2.00 bits per heavy atom. The molecule has 0 aliphatic carbocycles. The van der Waals surface area contributed by atoms with E-state index < -0.39 is 0 Å². The molecule has 1 aliphatic rings. The summed E-state index contributed by atoms with van der Waals surface area (Å²) in [7, 11) is 1.82. The molecular formula is C13H25NO3. The van der Waals surface area contributed by atoms with Crippen molar-refractivity contribution in [3.05, 3.63) is 0 Å². The molecular weight excluding hydrogens is 218 g/mol. The molecule has 1 amide bonds. The average molecular weight is 243 g/mol. The number of carbonyl (C=O) groups is 1. The quantitative estimate of drug-likeness (QED) is 0.791. The van der Waals surface area contributed by atoms with Crippen LogP contribution in [0, 0.1) is 11.8 Å². The average Bonchev–Trinajstić information content (AvgIpc) is 2.35. The molecule has 2 atom stereocenters. The Morgan fingerprint density at radius 1 is 1.41 bits per heavy atom. The first-order valence-electron chi connectivity index (χ1n) is 6.53. The fourth-order valence-electron chi connectivity index (χ4n) is 2.26. The Kier molecular flexibility index (Phi) is 5.92. The van der Waals surface area contributed by atoms with Gasteiger partial charge in [-0.1, -0.05) is 6.92 Å². The minimum atomic E-state index is -0.344. The summed E-state index contributed by atoms with van der Waals surface area (Å²) in [6, 6.07) is 0. The van der Waals surface area contributed by atoms with Gasteiger partial charge < -0.3 is 14.7 Å². The van der Waals surface area contributed by atoms with Gasteiger partial charge in [-0.15, -0.1) is 0 Å². The summed E-state index contributed by atoms with van der Waals surface area (Å²) in [4.78, 5) is 13.9. The Morgan fingerprint density at radius 3 is 2.53 bits per heavy atom. The molecule has 1 aliphatic heterocycles. The van der Waals surface area contributed by atoms with E-state index in [0.29, 0.717) is 18.9 Å². The van der Waals surface area contributed by atoms with Crippen LogP contribution in [0.1, 0.15) is 33.1 Å². The number of hydrogen-bond donors (Lipinski definition) is 1. The summed E-state index contributed by atoms with van der Waals surface area (Å²) in [5, 5.41) is 9.22. The van der Waals surface area contributed by atoms with Gasteiger partial charge in [-0.3, -0.25) is 4.79 Å². The molecule has 4 nitrogen and oxygen atoms in total. The molecule has 0 spiro atoms. The van der Waals surface area contributed by atoms with Crippen LogP contribution in [0.25, 0.3) is 0 Å². The van der Waals surface area contributed by atoms with Crippen LogP contribution in [-0.4, -0.2) is 48.8 Å². The molecule has 1 N–H and O–H groups in total. The highest BCUT2D eigenvalue weighted by atomic mass is 16.5. The summed E-state index contributed by atoms with van der Waals surface area (Å²) >= 11 is 0. The highest BCUT2D eigenvalue weighted by Gasteiger charge is 2.27. The van der Waals surface area contributed by atoms with Crippen LogP contribution in [0.5, 0.6) is 0 Å². The van der Waals surface area contributed by atoms with Gasteiger partial charge in [0.05, 0.1) is 6.10 Å². The number of aliphatic hydroxyl groups is 1. The van der Waals surface area contributed by atoms with Crippen LogP contribution in [-0.2, 0) is 9.53 Å². The summed E-state index contributed by atoms with van der Waals surface area (Å²) < 4.78 is 5.31. The van der Waals surface area contributed by atoms with Crippen molar-refractivity contribution < 1.29 is 14.6 Å². The van der Waals surface area contributed by atoms with Gasteiger partial charge in [0.15, 0.2) is 0 Å². The molecule has 100 valence electrons. The second kappa shape index (κ2) is 6.97. The van der Waals surface area contributed by atoms with Gasteiger partial charge in [-0.2, -0.15) is 0 Å². The van der Waals surface area contributed by atoms with Crippen LogP contribution in [0.15, 0.2) is 0 Å². The van der Waals surface area contributed by atoms with E-state index in [-0.39, 0.29) is 17.9 Å². The number of rotatable bonds is 5. The van der Waals surface area contributed by atoms with E-state index in [9.17, 15) is 9.90 Å². The van der Waals surface area contributed by atoms with Crippen LogP contribution in [0.4, 0.5) is 0 Å². The monoisotopic (exact) mass is 243 g/mol. The Hall–Kier alpha value is -0.610. The lowest BCUT2D eigenvalue weighted by Gasteiger charge is -2.30. The Balaban J connectivity index is 2.38. The molecule has 0 bridgehead atoms. The third kappa shape index (κ3) is 4.64. The van der Waals surface area contributed by atoms with Crippen LogP contribution in [0.3, 0.4) is 0 Å². The van der Waals surface area contributed by atoms with Crippen LogP contribution >= 0.6 is 0 Å². The van der Waals surface area contributed by atoms with Crippen molar-refractivity contribution in [3.8, 4) is 0 Å². The number of hydrogen-bond acceptors (Lipinski definition) is 3. The molecule has 0 aromatic rings. The van der Waals surface area contributed by atoms with E-state index in [1.54, 1.807) is 11.8 Å². The largest absolute Gasteiger partial charge is 0.393 e. The lowest BCUT2D eigenvalue weighted by Crippen LogP contribution is -2.38. The zero-order valence-electron chi connectivity index (χ0n) is 11.2. The summed E-state index contributed by atoms with van der Waals surface area (Å²) in [6.45, 7) is 5.95. The predicted molar refractivity (Wildman–Crippen MR) is 66.6 cm³/mol. The Bertz CT molecular complexity index is 237. The lowest BCUT2D eigenvalue weighted by atomic mass is 9.86. The molecule has 0 aromatic heterocycles. The summed E-state index contributed by atoms with van der Waals surface area (Å²) in [5.74, 6) is 0.709. The smallest absolute Gasteiger partial charge is 0.225 e. The first-order chi connectivity index (χ1) is 8.02. The number of aliphatic hydroxyl groups excluding tert-OH is 1. The van der Waals surface area contributed by atoms with E-state index >= 15 is 0 Å². The molecule has 1 saturated heterocycles. The van der Waals surface area contributed by atoms with Crippen molar-refractivity contribution in [1.82, 2.24) is 4.90 Å². The van der Waals surface area contributed by atoms with Crippen LogP contribution < -0.4 is 0 Å². The molecule has 4 heteroatoms. The maximum atomic E-state index is 12.2. The van der Waals surface area contributed by atoms with Crippen LogP contribution in [0.2, 0.25) is 0 Å². The molecule has 2 unspecified atom stereocenters. The highest BCUT2D eigenvalue weighted by Crippen LogP contribution is 2.24. The van der Waals surface area contributed by atoms with E-state index in [0.717, 1.165) is 26.1 Å². The number of carbonyl (C=O) groups excluding carboxylic acids is 1. The summed E-state index contributed by atoms with van der Waals surface area (Å²) in [5.41, 5.74) is 0. The fourth-order valence-corrected chi connectivity index (χ4v) is 2.26. The molecule has 0 saturated carbocycles. The number of amides is 1. The minimum Gasteiger partial charge on any atom is -0.393 e. The molecule has 1 fully saturated rings. The van der Waals surface area contributed by atoms with Crippen molar-refractivity contribution in [2.75, 3.05) is 26.8 Å². The minimum absolute atomic E-state index is 0.0675. The topological polar surface area (TPSA) is 49.8 Å². The van der Waals surface area contributed by atoms with Gasteiger partial charge in [-0.25, -0.2) is 0 Å². The fraction of sp³-hybridized carbons (Fsp3) is 0.923. The predicted octanol–water partition coefficient (Wildman–Crippen LogP) is 1.28. The maximum absolute atomic E-state index is 12.2. The SMILES string of the molecule is CC(O)CCN(C)C(=O)C(C)C1CCOCC1. The third-order valence-electron chi connectivity index (χ3n) is 3.62. The normalized spacial score (nSPS) is 20.9. The second-order valence-corrected chi connectivity index (χ2v) is 5.14. The first kappa shape index (κ1) is 14.5. The standard InChI is InChI=1S/C13H25NO3/c1-10(15)4-7-14(3)13(16)11(2)12-5-8-17-9-6-12/h10-12,15H,4-9H2,1-3H3. The zero-order chi connectivity index (χ0) is 12.8. The van der Waals surface area contributed by atoms with Gasteiger partial charge in [0.2, 0.25) is 5.91 Å². The van der Waals surface area contributed by atoms with Crippen molar-refractivity contribution in [2.45, 2.75) is 39.2 Å². The van der Waals surface area contributed by atoms with Gasteiger partial charge >= 0.3 is 0 Å². The van der Waals surface area contributed by atoms with E-state index in [1.165, 1.54) is 0 Å². The van der Waals surface area contributed by atoms with Gasteiger partial charge in [0.25, 0.3) is 0 Å². The van der Waals surface area contributed by atoms with Gasteiger partial charge in [0.1, 0.15) is 0 Å². The summed E-state index contributed by atoms with van der Waals surface area (Å²) in [6.07, 6.45) is 2.26. The maximum Gasteiger partial charge on any atom is 0.225 e. The lowest BCUT2D eigenvalue weighted by molar-refractivity contribution is -0.136. The van der Waals surface area contributed by atoms with Crippen molar-refractivity contribution >= 4 is 5.91 Å². The number of nitrogens with zero attached hydrogens (tertiary/aromatic N) is 1.